The number of nitrogens with one attached hydrogen (secondary N) is 1. The van der Waals surface area contributed by atoms with E-state index in [9.17, 15) is 14.9 Å². The zero-order valence-electron chi connectivity index (χ0n) is 28.9. The van der Waals surface area contributed by atoms with Crippen molar-refractivity contribution < 1.29 is 33.3 Å². The van der Waals surface area contributed by atoms with Crippen molar-refractivity contribution in [1.82, 2.24) is 19.7 Å². The summed E-state index contributed by atoms with van der Waals surface area (Å²) >= 11 is 0. The number of fused-ring (bicyclic) bond motifs is 1. The number of amides is 1. The molecular formula is C37H43FN6O6. The molecule has 3 heterocycles. The summed E-state index contributed by atoms with van der Waals surface area (Å²) < 4.78 is 34.2. The lowest BCUT2D eigenvalue weighted by molar-refractivity contribution is -0.137. The van der Waals surface area contributed by atoms with Gasteiger partial charge in [0.2, 0.25) is 5.95 Å². The molecule has 1 aliphatic heterocycles. The summed E-state index contributed by atoms with van der Waals surface area (Å²) in [7, 11) is 1.56. The number of benzene rings is 2. The van der Waals surface area contributed by atoms with Gasteiger partial charge >= 0.3 is 12.1 Å². The van der Waals surface area contributed by atoms with Gasteiger partial charge in [0, 0.05) is 43.5 Å². The Morgan fingerprint density at radius 2 is 1.80 bits per heavy atom. The molecule has 0 spiro atoms. The fourth-order valence-electron chi connectivity index (χ4n) is 5.97. The Morgan fingerprint density at radius 3 is 2.48 bits per heavy atom. The Kier molecular flexibility index (Phi) is 11.4. The molecule has 0 bridgehead atoms. The van der Waals surface area contributed by atoms with Crippen molar-refractivity contribution >= 4 is 23.7 Å². The number of alkyl carbamates (subject to hydrolysis) is 1. The van der Waals surface area contributed by atoms with Crippen LogP contribution in [0.15, 0.2) is 48.8 Å². The summed E-state index contributed by atoms with van der Waals surface area (Å²) in [5, 5.41) is 21.2. The van der Waals surface area contributed by atoms with E-state index in [1.54, 1.807) is 25.4 Å². The zero-order valence-corrected chi connectivity index (χ0v) is 28.9. The number of hydrogen-bond donors (Lipinski definition) is 2. The third-order valence-corrected chi connectivity index (χ3v) is 8.38. The first-order valence-electron chi connectivity index (χ1n) is 16.8. The lowest BCUT2D eigenvalue weighted by Gasteiger charge is -2.34. The molecule has 1 aliphatic rings. The van der Waals surface area contributed by atoms with Crippen LogP contribution in [0, 0.1) is 17.1 Å². The SMILES string of the molecule is COc1ccc(-c2c(-c3ccc(C#N)c(F)c3)nc(N3CCC(NC(=O)OC(C)(C)C)CC3)n3ccnc23)cc1OCCCCCCC(=O)O. The number of carbonyl (C=O) groups excluding carboxylic acids is 1. The van der Waals surface area contributed by atoms with E-state index >= 15 is 4.39 Å². The summed E-state index contributed by atoms with van der Waals surface area (Å²) in [6.45, 7) is 7.08. The second-order valence-electron chi connectivity index (χ2n) is 13.2. The summed E-state index contributed by atoms with van der Waals surface area (Å²) in [5.74, 6) is 0.221. The molecule has 2 aromatic heterocycles. The Bertz CT molecular complexity index is 1870. The number of methoxy groups -OCH3 is 1. The predicted molar refractivity (Wildman–Crippen MR) is 186 cm³/mol. The highest BCUT2D eigenvalue weighted by Crippen LogP contribution is 2.40. The third-order valence-electron chi connectivity index (χ3n) is 8.38. The molecule has 0 radical (unpaired) electrons. The van der Waals surface area contributed by atoms with Crippen LogP contribution in [-0.4, -0.2) is 70.0 Å². The molecule has 2 N–H and O–H groups in total. The summed E-state index contributed by atoms with van der Waals surface area (Å²) in [6, 6.07) is 11.8. The van der Waals surface area contributed by atoms with Crippen molar-refractivity contribution in [3.8, 4) is 40.0 Å². The van der Waals surface area contributed by atoms with Gasteiger partial charge in [0.1, 0.15) is 23.1 Å². The minimum atomic E-state index is -0.794. The molecule has 1 saturated heterocycles. The van der Waals surface area contributed by atoms with Crippen LogP contribution in [0.5, 0.6) is 11.5 Å². The molecule has 5 rings (SSSR count). The second-order valence-corrected chi connectivity index (χ2v) is 13.2. The highest BCUT2D eigenvalue weighted by atomic mass is 19.1. The fourth-order valence-corrected chi connectivity index (χ4v) is 5.97. The van der Waals surface area contributed by atoms with Crippen molar-refractivity contribution in [1.29, 1.82) is 5.26 Å². The van der Waals surface area contributed by atoms with Gasteiger partial charge in [0.05, 0.1) is 30.5 Å². The van der Waals surface area contributed by atoms with E-state index in [0.29, 0.717) is 78.9 Å². The van der Waals surface area contributed by atoms with Crippen LogP contribution in [0.4, 0.5) is 15.1 Å². The van der Waals surface area contributed by atoms with E-state index in [1.165, 1.54) is 12.1 Å². The first-order chi connectivity index (χ1) is 24.0. The number of carboxylic acids is 1. The maximum atomic E-state index is 15.1. The van der Waals surface area contributed by atoms with Gasteiger partial charge < -0.3 is 29.5 Å². The van der Waals surface area contributed by atoms with E-state index in [4.69, 9.17) is 29.3 Å². The monoisotopic (exact) mass is 686 g/mol. The average Bonchev–Trinajstić information content (AvgIpc) is 3.56. The maximum Gasteiger partial charge on any atom is 0.407 e. The average molecular weight is 687 g/mol. The minimum Gasteiger partial charge on any atom is -0.493 e. The third kappa shape index (κ3) is 8.80. The van der Waals surface area contributed by atoms with Crippen LogP contribution < -0.4 is 19.7 Å². The van der Waals surface area contributed by atoms with Gasteiger partial charge in [-0.05, 0) is 76.3 Å². The van der Waals surface area contributed by atoms with Crippen LogP contribution in [-0.2, 0) is 9.53 Å². The molecule has 12 nitrogen and oxygen atoms in total. The number of carbonyl (C=O) groups is 2. The Morgan fingerprint density at radius 1 is 1.06 bits per heavy atom. The number of unbranched alkanes of at least 4 members (excludes halogenated alkanes) is 3. The Balaban J connectivity index is 1.48. The number of rotatable bonds is 13. The number of nitrogens with zero attached hydrogens (tertiary/aromatic N) is 5. The summed E-state index contributed by atoms with van der Waals surface area (Å²) in [5.41, 5.74) is 2.25. The normalized spacial score (nSPS) is 13.6. The van der Waals surface area contributed by atoms with Gasteiger partial charge in [-0.15, -0.1) is 0 Å². The van der Waals surface area contributed by atoms with Gasteiger partial charge in [-0.1, -0.05) is 25.0 Å². The molecule has 2 aromatic carbocycles. The number of aromatic nitrogens is 3. The van der Waals surface area contributed by atoms with Gasteiger partial charge in [0.15, 0.2) is 11.5 Å². The van der Waals surface area contributed by atoms with Crippen molar-refractivity contribution in [3.63, 3.8) is 0 Å². The van der Waals surface area contributed by atoms with Crippen LogP contribution >= 0.6 is 0 Å². The molecule has 1 fully saturated rings. The van der Waals surface area contributed by atoms with Crippen molar-refractivity contribution in [2.24, 2.45) is 0 Å². The molecule has 0 aliphatic carbocycles. The molecule has 0 atom stereocenters. The number of imidazole rings is 1. The largest absolute Gasteiger partial charge is 0.493 e. The van der Waals surface area contributed by atoms with E-state index in [2.05, 4.69) is 10.2 Å². The number of hydrogen-bond acceptors (Lipinski definition) is 9. The Labute approximate surface area is 290 Å². The molecule has 264 valence electrons. The molecule has 50 heavy (non-hydrogen) atoms. The maximum absolute atomic E-state index is 15.1. The number of aliphatic carboxylic acids is 1. The van der Waals surface area contributed by atoms with Crippen molar-refractivity contribution in [2.75, 3.05) is 31.7 Å². The Hall–Kier alpha value is -5.38. The van der Waals surface area contributed by atoms with Crippen LogP contribution in [0.3, 0.4) is 0 Å². The zero-order chi connectivity index (χ0) is 35.8. The van der Waals surface area contributed by atoms with E-state index in [-0.39, 0.29) is 18.0 Å². The van der Waals surface area contributed by atoms with Gasteiger partial charge in [-0.3, -0.25) is 9.20 Å². The van der Waals surface area contributed by atoms with Crippen molar-refractivity contribution in [3.05, 3.63) is 60.2 Å². The highest BCUT2D eigenvalue weighted by Gasteiger charge is 2.28. The topological polar surface area (TPSA) is 151 Å². The first-order valence-corrected chi connectivity index (χ1v) is 16.8. The smallest absolute Gasteiger partial charge is 0.407 e. The first kappa shape index (κ1) is 35.9. The van der Waals surface area contributed by atoms with E-state index in [1.807, 2.05) is 49.6 Å². The highest BCUT2D eigenvalue weighted by molar-refractivity contribution is 5.92. The summed E-state index contributed by atoms with van der Waals surface area (Å²) in [6.07, 6.45) is 7.56. The van der Waals surface area contributed by atoms with Crippen molar-refractivity contribution in [2.45, 2.75) is 77.4 Å². The van der Waals surface area contributed by atoms with Crippen LogP contribution in [0.2, 0.25) is 0 Å². The van der Waals surface area contributed by atoms with Crippen LogP contribution in [0.25, 0.3) is 28.0 Å². The van der Waals surface area contributed by atoms with Gasteiger partial charge in [-0.2, -0.15) is 5.26 Å². The summed E-state index contributed by atoms with van der Waals surface area (Å²) in [4.78, 5) is 35.2. The van der Waals surface area contributed by atoms with E-state index in [0.717, 1.165) is 24.8 Å². The number of halogens is 1. The lowest BCUT2D eigenvalue weighted by atomic mass is 9.98. The second kappa shape index (κ2) is 15.9. The molecule has 13 heteroatoms. The molecular weight excluding hydrogens is 643 g/mol. The predicted octanol–water partition coefficient (Wildman–Crippen LogP) is 6.99. The quantitative estimate of drug-likeness (QED) is 0.141. The molecule has 4 aromatic rings. The molecule has 1 amide bonds. The minimum absolute atomic E-state index is 0.0618. The van der Waals surface area contributed by atoms with E-state index < -0.39 is 23.5 Å². The van der Waals surface area contributed by atoms with Gasteiger partial charge in [0.25, 0.3) is 0 Å². The fraction of sp³-hybridized carbons (Fsp3) is 0.432. The number of piperidine rings is 1. The standard InChI is InChI=1S/C37H43FN6O6/c1-37(2,3)50-36(47)41-27-14-17-43(18-15-27)35-42-33(25-10-11-26(23-39)28(38)21-25)32(34-40-16-19-44(34)35)24-12-13-29(48-4)30(22-24)49-20-8-6-5-7-9-31(45)46/h10-13,16,19,21-22,27H,5-9,14-15,17-18,20H2,1-4H3,(H,41,47)(H,45,46). The molecule has 0 saturated carbocycles. The van der Waals surface area contributed by atoms with Gasteiger partial charge in [-0.25, -0.2) is 19.2 Å². The number of carboxylic acid groups (broad SMARTS) is 1. The number of anilines is 1. The lowest BCUT2D eigenvalue weighted by Crippen LogP contribution is -2.46. The van der Waals surface area contributed by atoms with Crippen LogP contribution in [0.1, 0.15) is 71.3 Å². The number of ether oxygens (including phenoxy) is 3. The number of nitriles is 1. The molecule has 0 unspecified atom stereocenters.